The van der Waals surface area contributed by atoms with Gasteiger partial charge in [-0.3, -0.25) is 0 Å². The third-order valence-electron chi connectivity index (χ3n) is 1.88. The van der Waals surface area contributed by atoms with Gasteiger partial charge in [0.2, 0.25) is 5.95 Å². The summed E-state index contributed by atoms with van der Waals surface area (Å²) in [6.45, 7) is 2.63. The van der Waals surface area contributed by atoms with Crippen LogP contribution in [0.25, 0.3) is 0 Å². The molecule has 0 fully saturated rings. The zero-order chi connectivity index (χ0) is 9.84. The van der Waals surface area contributed by atoms with Crippen molar-refractivity contribution in [1.82, 2.24) is 9.97 Å². The van der Waals surface area contributed by atoms with Gasteiger partial charge in [0.05, 0.1) is 0 Å². The van der Waals surface area contributed by atoms with Gasteiger partial charge in [0.25, 0.3) is 0 Å². The molecule has 1 aromatic rings. The van der Waals surface area contributed by atoms with E-state index in [-0.39, 0.29) is 0 Å². The van der Waals surface area contributed by atoms with Gasteiger partial charge in [0, 0.05) is 26.0 Å². The molecular formula is C9H16N4. The molecule has 1 aromatic heterocycles. The zero-order valence-corrected chi connectivity index (χ0v) is 8.41. The van der Waals surface area contributed by atoms with E-state index in [1.54, 1.807) is 0 Å². The predicted octanol–water partition coefficient (Wildman–Crippen LogP) is 0.352. The summed E-state index contributed by atoms with van der Waals surface area (Å²) in [5.41, 5.74) is 7.61. The molecule has 0 aliphatic rings. The van der Waals surface area contributed by atoms with E-state index in [0.717, 1.165) is 23.6 Å². The van der Waals surface area contributed by atoms with Gasteiger partial charge in [-0.15, -0.1) is 0 Å². The molecule has 0 aromatic carbocycles. The lowest BCUT2D eigenvalue weighted by atomic mass is 10.2. The van der Waals surface area contributed by atoms with E-state index < -0.39 is 0 Å². The molecule has 0 aliphatic carbocycles. The largest absolute Gasteiger partial charge is 0.347 e. The molecular weight excluding hydrogens is 164 g/mol. The Labute approximate surface area is 78.8 Å². The highest BCUT2D eigenvalue weighted by molar-refractivity contribution is 5.30. The molecule has 4 nitrogen and oxygen atoms in total. The van der Waals surface area contributed by atoms with E-state index in [1.165, 1.54) is 0 Å². The summed E-state index contributed by atoms with van der Waals surface area (Å²) in [5.74, 6) is 0.748. The summed E-state index contributed by atoms with van der Waals surface area (Å²) in [5, 5.41) is 0. The molecule has 0 bridgehead atoms. The molecule has 2 N–H and O–H groups in total. The van der Waals surface area contributed by atoms with Crippen LogP contribution in [0.2, 0.25) is 0 Å². The first kappa shape index (κ1) is 9.92. The van der Waals surface area contributed by atoms with Crippen LogP contribution in [0.5, 0.6) is 0 Å². The minimum Gasteiger partial charge on any atom is -0.347 e. The number of hydrogen-bond donors (Lipinski definition) is 1. The Hall–Kier alpha value is -1.16. The smallest absolute Gasteiger partial charge is 0.224 e. The quantitative estimate of drug-likeness (QED) is 0.729. The molecule has 13 heavy (non-hydrogen) atoms. The third-order valence-corrected chi connectivity index (χ3v) is 1.88. The standard InChI is InChI=1S/C9H16N4/c1-7-8(4-5-10)6-11-9(12-7)13(2)3/h6H,4-5,10H2,1-3H3. The summed E-state index contributed by atoms with van der Waals surface area (Å²) in [6.07, 6.45) is 2.70. The summed E-state index contributed by atoms with van der Waals surface area (Å²) < 4.78 is 0. The average molecular weight is 180 g/mol. The highest BCUT2D eigenvalue weighted by Gasteiger charge is 2.03. The van der Waals surface area contributed by atoms with E-state index in [2.05, 4.69) is 9.97 Å². The molecule has 0 saturated heterocycles. The second-order valence-electron chi connectivity index (χ2n) is 3.21. The normalized spacial score (nSPS) is 10.2. The maximum absolute atomic E-state index is 5.46. The van der Waals surface area contributed by atoms with Crippen molar-refractivity contribution in [1.29, 1.82) is 0 Å². The van der Waals surface area contributed by atoms with Crippen molar-refractivity contribution in [2.45, 2.75) is 13.3 Å². The number of hydrogen-bond acceptors (Lipinski definition) is 4. The molecule has 0 spiro atoms. The van der Waals surface area contributed by atoms with Gasteiger partial charge in [0.1, 0.15) is 0 Å². The van der Waals surface area contributed by atoms with Gasteiger partial charge in [0.15, 0.2) is 0 Å². The van der Waals surface area contributed by atoms with E-state index in [0.29, 0.717) is 6.54 Å². The van der Waals surface area contributed by atoms with Gasteiger partial charge in [-0.1, -0.05) is 0 Å². The fourth-order valence-electron chi connectivity index (χ4n) is 1.10. The van der Waals surface area contributed by atoms with Crippen LogP contribution in [0.4, 0.5) is 5.95 Å². The van der Waals surface area contributed by atoms with E-state index >= 15 is 0 Å². The van der Waals surface area contributed by atoms with E-state index in [1.807, 2.05) is 32.1 Å². The maximum atomic E-state index is 5.46. The van der Waals surface area contributed by atoms with E-state index in [4.69, 9.17) is 5.73 Å². The van der Waals surface area contributed by atoms with Crippen LogP contribution < -0.4 is 10.6 Å². The monoisotopic (exact) mass is 180 g/mol. The van der Waals surface area contributed by atoms with Crippen LogP contribution >= 0.6 is 0 Å². The second-order valence-corrected chi connectivity index (χ2v) is 3.21. The molecule has 0 unspecified atom stereocenters. The minimum atomic E-state index is 0.644. The highest BCUT2D eigenvalue weighted by atomic mass is 15.2. The highest BCUT2D eigenvalue weighted by Crippen LogP contribution is 2.08. The topological polar surface area (TPSA) is 55.0 Å². The van der Waals surface area contributed by atoms with Gasteiger partial charge in [-0.05, 0) is 25.5 Å². The molecule has 0 atom stereocenters. The van der Waals surface area contributed by atoms with Gasteiger partial charge in [-0.25, -0.2) is 9.97 Å². The first-order valence-corrected chi connectivity index (χ1v) is 4.35. The first-order chi connectivity index (χ1) is 6.15. The predicted molar refractivity (Wildman–Crippen MR) is 53.9 cm³/mol. The Morgan fingerprint density at radius 2 is 2.15 bits per heavy atom. The fourth-order valence-corrected chi connectivity index (χ4v) is 1.10. The number of aryl methyl sites for hydroxylation is 1. The Morgan fingerprint density at radius 3 is 2.62 bits per heavy atom. The van der Waals surface area contributed by atoms with Crippen molar-refractivity contribution in [3.05, 3.63) is 17.5 Å². The van der Waals surface area contributed by atoms with Crippen molar-refractivity contribution in [3.63, 3.8) is 0 Å². The molecule has 1 heterocycles. The Bertz CT molecular complexity index is 283. The van der Waals surface area contributed by atoms with Crippen LogP contribution in [-0.2, 0) is 6.42 Å². The van der Waals surface area contributed by atoms with Crippen molar-refractivity contribution in [2.24, 2.45) is 5.73 Å². The number of rotatable bonds is 3. The third kappa shape index (κ3) is 2.39. The number of aromatic nitrogens is 2. The lowest BCUT2D eigenvalue weighted by molar-refractivity contribution is 0.898. The molecule has 0 amide bonds. The van der Waals surface area contributed by atoms with Crippen LogP contribution in [0.15, 0.2) is 6.20 Å². The van der Waals surface area contributed by atoms with Crippen molar-refractivity contribution in [3.8, 4) is 0 Å². The maximum Gasteiger partial charge on any atom is 0.224 e. The molecule has 4 heteroatoms. The van der Waals surface area contributed by atoms with Crippen LogP contribution in [0.3, 0.4) is 0 Å². The number of anilines is 1. The molecule has 0 saturated carbocycles. The van der Waals surface area contributed by atoms with Gasteiger partial charge < -0.3 is 10.6 Å². The summed E-state index contributed by atoms with van der Waals surface area (Å²) in [4.78, 5) is 10.5. The summed E-state index contributed by atoms with van der Waals surface area (Å²) >= 11 is 0. The molecule has 0 radical (unpaired) electrons. The molecule has 0 aliphatic heterocycles. The lowest BCUT2D eigenvalue weighted by Crippen LogP contribution is -2.14. The van der Waals surface area contributed by atoms with Crippen molar-refractivity contribution < 1.29 is 0 Å². The Kier molecular flexibility index (Phi) is 3.19. The Balaban J connectivity index is 2.92. The van der Waals surface area contributed by atoms with Gasteiger partial charge >= 0.3 is 0 Å². The second kappa shape index (κ2) is 4.18. The molecule has 72 valence electrons. The summed E-state index contributed by atoms with van der Waals surface area (Å²) in [6, 6.07) is 0. The summed E-state index contributed by atoms with van der Waals surface area (Å²) in [7, 11) is 3.86. The van der Waals surface area contributed by atoms with Crippen molar-refractivity contribution >= 4 is 5.95 Å². The zero-order valence-electron chi connectivity index (χ0n) is 8.41. The van der Waals surface area contributed by atoms with Crippen LogP contribution in [0.1, 0.15) is 11.3 Å². The molecule has 1 rings (SSSR count). The Morgan fingerprint density at radius 1 is 1.46 bits per heavy atom. The lowest BCUT2D eigenvalue weighted by Gasteiger charge is -2.11. The number of nitrogens with two attached hydrogens (primary N) is 1. The SMILES string of the molecule is Cc1nc(N(C)C)ncc1CCN. The van der Waals surface area contributed by atoms with Crippen molar-refractivity contribution in [2.75, 3.05) is 25.5 Å². The first-order valence-electron chi connectivity index (χ1n) is 4.35. The minimum absolute atomic E-state index is 0.644. The van der Waals surface area contributed by atoms with E-state index in [9.17, 15) is 0 Å². The fraction of sp³-hybridized carbons (Fsp3) is 0.556. The van der Waals surface area contributed by atoms with Crippen LogP contribution in [-0.4, -0.2) is 30.6 Å². The van der Waals surface area contributed by atoms with Crippen LogP contribution in [0, 0.1) is 6.92 Å². The average Bonchev–Trinajstić information content (AvgIpc) is 2.08. The number of nitrogens with zero attached hydrogens (tertiary/aromatic N) is 3. The van der Waals surface area contributed by atoms with Gasteiger partial charge in [-0.2, -0.15) is 0 Å².